The van der Waals surface area contributed by atoms with E-state index in [1.165, 1.54) is 12.1 Å². The van der Waals surface area contributed by atoms with Gasteiger partial charge in [-0.1, -0.05) is 11.6 Å². The Morgan fingerprint density at radius 2 is 2.26 bits per heavy atom. The van der Waals surface area contributed by atoms with Crippen LogP contribution in [0, 0.1) is 5.92 Å². The molecule has 19 heavy (non-hydrogen) atoms. The van der Waals surface area contributed by atoms with Crippen LogP contribution in [0.2, 0.25) is 5.02 Å². The molecule has 0 spiro atoms. The standard InChI is InChI=1S/C13H15ClN2O3/c14-11-6-9(1-2-10(11)13(18)19)16-12(17)5-8-3-4-15-7-8/h1-2,6,8,15H,3-5,7H2,(H,16,17)(H,18,19). The van der Waals surface area contributed by atoms with Gasteiger partial charge < -0.3 is 15.7 Å². The van der Waals surface area contributed by atoms with Crippen LogP contribution < -0.4 is 10.6 Å². The van der Waals surface area contributed by atoms with Gasteiger partial charge in [-0.3, -0.25) is 4.79 Å². The Kier molecular flexibility index (Phi) is 4.39. The summed E-state index contributed by atoms with van der Waals surface area (Å²) < 4.78 is 0. The SMILES string of the molecule is O=C(CC1CCNC1)Nc1ccc(C(=O)O)c(Cl)c1. The van der Waals surface area contributed by atoms with E-state index in [0.717, 1.165) is 19.5 Å². The van der Waals surface area contributed by atoms with Crippen molar-refractivity contribution in [2.24, 2.45) is 5.92 Å². The van der Waals surface area contributed by atoms with Crippen molar-refractivity contribution >= 4 is 29.2 Å². The van der Waals surface area contributed by atoms with Crippen LogP contribution in [0.25, 0.3) is 0 Å². The molecule has 1 unspecified atom stereocenters. The first-order chi connectivity index (χ1) is 9.06. The van der Waals surface area contributed by atoms with Gasteiger partial charge in [-0.2, -0.15) is 0 Å². The Morgan fingerprint density at radius 3 is 2.84 bits per heavy atom. The Balaban J connectivity index is 1.96. The molecule has 1 aliphatic rings. The summed E-state index contributed by atoms with van der Waals surface area (Å²) in [5, 5.41) is 14.9. The van der Waals surface area contributed by atoms with E-state index in [-0.39, 0.29) is 16.5 Å². The van der Waals surface area contributed by atoms with Crippen LogP contribution in [0.5, 0.6) is 0 Å². The number of carbonyl (C=O) groups is 2. The summed E-state index contributed by atoms with van der Waals surface area (Å²) in [6, 6.07) is 4.38. The lowest BCUT2D eigenvalue weighted by atomic mass is 10.0. The molecule has 0 aliphatic carbocycles. The number of anilines is 1. The molecule has 0 aromatic heterocycles. The fraction of sp³-hybridized carbons (Fsp3) is 0.385. The van der Waals surface area contributed by atoms with E-state index in [4.69, 9.17) is 16.7 Å². The number of benzene rings is 1. The van der Waals surface area contributed by atoms with Gasteiger partial charge in [0.2, 0.25) is 5.91 Å². The van der Waals surface area contributed by atoms with Gasteiger partial charge in [0.1, 0.15) is 0 Å². The van der Waals surface area contributed by atoms with E-state index in [2.05, 4.69) is 10.6 Å². The van der Waals surface area contributed by atoms with Crippen LogP contribution in [0.15, 0.2) is 18.2 Å². The van der Waals surface area contributed by atoms with Gasteiger partial charge in [-0.25, -0.2) is 4.79 Å². The van der Waals surface area contributed by atoms with Crippen molar-refractivity contribution < 1.29 is 14.7 Å². The largest absolute Gasteiger partial charge is 0.478 e. The number of carboxylic acid groups (broad SMARTS) is 1. The average Bonchev–Trinajstić information content (AvgIpc) is 2.81. The third kappa shape index (κ3) is 3.68. The van der Waals surface area contributed by atoms with E-state index < -0.39 is 5.97 Å². The normalized spacial score (nSPS) is 18.3. The molecule has 5 nitrogen and oxygen atoms in total. The number of hydrogen-bond acceptors (Lipinski definition) is 3. The van der Waals surface area contributed by atoms with Crippen LogP contribution in [-0.4, -0.2) is 30.1 Å². The van der Waals surface area contributed by atoms with E-state index in [9.17, 15) is 9.59 Å². The minimum atomic E-state index is -1.08. The lowest BCUT2D eigenvalue weighted by molar-refractivity contribution is -0.116. The maximum atomic E-state index is 11.8. The van der Waals surface area contributed by atoms with Gasteiger partial charge in [0, 0.05) is 12.1 Å². The number of rotatable bonds is 4. The topological polar surface area (TPSA) is 78.4 Å². The maximum absolute atomic E-state index is 11.8. The molecule has 102 valence electrons. The second-order valence-corrected chi connectivity index (χ2v) is 5.02. The molecule has 1 aliphatic heterocycles. The third-order valence-corrected chi connectivity index (χ3v) is 3.43. The molecule has 1 amide bonds. The zero-order chi connectivity index (χ0) is 13.8. The molecule has 2 rings (SSSR count). The van der Waals surface area contributed by atoms with E-state index in [1.807, 2.05) is 0 Å². The Labute approximate surface area is 116 Å². The van der Waals surface area contributed by atoms with Crippen molar-refractivity contribution in [3.63, 3.8) is 0 Å². The molecule has 6 heteroatoms. The van der Waals surface area contributed by atoms with Gasteiger partial charge in [0.15, 0.2) is 0 Å². The summed E-state index contributed by atoms with van der Waals surface area (Å²) in [6.45, 7) is 1.82. The van der Waals surface area contributed by atoms with Crippen molar-refractivity contribution in [1.29, 1.82) is 0 Å². The molecule has 1 aromatic rings. The monoisotopic (exact) mass is 282 g/mol. The number of halogens is 1. The lowest BCUT2D eigenvalue weighted by Gasteiger charge is -2.10. The predicted molar refractivity (Wildman–Crippen MR) is 72.6 cm³/mol. The van der Waals surface area contributed by atoms with Crippen LogP contribution in [0.4, 0.5) is 5.69 Å². The third-order valence-electron chi connectivity index (χ3n) is 3.12. The number of aromatic carboxylic acids is 1. The molecule has 1 saturated heterocycles. The molecule has 1 atom stereocenters. The molecule has 0 radical (unpaired) electrons. The minimum Gasteiger partial charge on any atom is -0.478 e. The molecule has 1 aromatic carbocycles. The summed E-state index contributed by atoms with van der Waals surface area (Å²) >= 11 is 5.84. The van der Waals surface area contributed by atoms with Gasteiger partial charge in [-0.05, 0) is 43.6 Å². The Hall–Kier alpha value is -1.59. The highest BCUT2D eigenvalue weighted by atomic mass is 35.5. The van der Waals surface area contributed by atoms with Gasteiger partial charge in [-0.15, -0.1) is 0 Å². The maximum Gasteiger partial charge on any atom is 0.337 e. The van der Waals surface area contributed by atoms with Crippen LogP contribution in [-0.2, 0) is 4.79 Å². The van der Waals surface area contributed by atoms with Crippen molar-refractivity contribution in [2.75, 3.05) is 18.4 Å². The van der Waals surface area contributed by atoms with Crippen molar-refractivity contribution in [1.82, 2.24) is 5.32 Å². The Morgan fingerprint density at radius 1 is 1.47 bits per heavy atom. The number of carbonyl (C=O) groups excluding carboxylic acids is 1. The van der Waals surface area contributed by atoms with E-state index in [0.29, 0.717) is 18.0 Å². The minimum absolute atomic E-state index is 0.0275. The predicted octanol–water partition coefficient (Wildman–Crippen LogP) is 1.98. The quantitative estimate of drug-likeness (QED) is 0.789. The fourth-order valence-corrected chi connectivity index (χ4v) is 2.39. The first kappa shape index (κ1) is 13.8. The highest BCUT2D eigenvalue weighted by Gasteiger charge is 2.18. The average molecular weight is 283 g/mol. The van der Waals surface area contributed by atoms with Crippen LogP contribution in [0.3, 0.4) is 0 Å². The van der Waals surface area contributed by atoms with E-state index >= 15 is 0 Å². The summed E-state index contributed by atoms with van der Waals surface area (Å²) in [4.78, 5) is 22.6. The second kappa shape index (κ2) is 6.04. The lowest BCUT2D eigenvalue weighted by Crippen LogP contribution is -2.18. The highest BCUT2D eigenvalue weighted by molar-refractivity contribution is 6.33. The molecule has 3 N–H and O–H groups in total. The second-order valence-electron chi connectivity index (χ2n) is 4.61. The summed E-state index contributed by atoms with van der Waals surface area (Å²) in [5.74, 6) is -0.790. The van der Waals surface area contributed by atoms with Gasteiger partial charge in [0.05, 0.1) is 10.6 Å². The molecule has 0 bridgehead atoms. The van der Waals surface area contributed by atoms with Crippen LogP contribution in [0.1, 0.15) is 23.2 Å². The molecule has 0 saturated carbocycles. The van der Waals surface area contributed by atoms with Gasteiger partial charge in [0.25, 0.3) is 0 Å². The fourth-order valence-electron chi connectivity index (χ4n) is 2.13. The van der Waals surface area contributed by atoms with E-state index in [1.54, 1.807) is 6.07 Å². The molecular weight excluding hydrogens is 268 g/mol. The summed E-state index contributed by atoms with van der Waals surface area (Å²) in [5.41, 5.74) is 0.547. The van der Waals surface area contributed by atoms with Crippen molar-refractivity contribution in [2.45, 2.75) is 12.8 Å². The highest BCUT2D eigenvalue weighted by Crippen LogP contribution is 2.21. The zero-order valence-corrected chi connectivity index (χ0v) is 11.0. The zero-order valence-electron chi connectivity index (χ0n) is 10.3. The molecular formula is C13H15ClN2O3. The van der Waals surface area contributed by atoms with Crippen molar-refractivity contribution in [3.05, 3.63) is 28.8 Å². The number of hydrogen-bond donors (Lipinski definition) is 3. The number of nitrogens with one attached hydrogen (secondary N) is 2. The first-order valence-corrected chi connectivity index (χ1v) is 6.47. The van der Waals surface area contributed by atoms with Gasteiger partial charge >= 0.3 is 5.97 Å². The van der Waals surface area contributed by atoms with Crippen molar-refractivity contribution in [3.8, 4) is 0 Å². The van der Waals surface area contributed by atoms with Crippen LogP contribution >= 0.6 is 11.6 Å². The number of amides is 1. The Bertz CT molecular complexity index is 499. The smallest absolute Gasteiger partial charge is 0.337 e. The molecule has 1 heterocycles. The molecule has 1 fully saturated rings. The summed E-state index contributed by atoms with van der Waals surface area (Å²) in [6.07, 6.45) is 1.47. The number of carboxylic acids is 1. The summed E-state index contributed by atoms with van der Waals surface area (Å²) in [7, 11) is 0. The first-order valence-electron chi connectivity index (χ1n) is 6.09.